The smallest absolute Gasteiger partial charge is 0.308 e. The molecule has 1 aromatic heterocycles. The summed E-state index contributed by atoms with van der Waals surface area (Å²) in [4.78, 5) is 54.1. The normalized spacial score (nSPS) is 12.1. The van der Waals surface area contributed by atoms with Crippen molar-refractivity contribution >= 4 is 29.5 Å². The zero-order valence-corrected chi connectivity index (χ0v) is 38.6. The Bertz CT molecular complexity index is 2320. The maximum absolute atomic E-state index is 14.1. The van der Waals surface area contributed by atoms with Gasteiger partial charge in [-0.25, -0.2) is 24.1 Å². The summed E-state index contributed by atoms with van der Waals surface area (Å²) in [6.07, 6.45) is -5.34. The van der Waals surface area contributed by atoms with Gasteiger partial charge in [-0.2, -0.15) is 5.26 Å². The van der Waals surface area contributed by atoms with Gasteiger partial charge in [0.05, 0.1) is 61.8 Å². The molecule has 3 aromatic carbocycles. The van der Waals surface area contributed by atoms with Gasteiger partial charge in [0.25, 0.3) is 5.91 Å². The number of nitriles is 1. The number of nitrogens with zero attached hydrogens (tertiary/aromatic N) is 5. The highest BCUT2D eigenvalue weighted by molar-refractivity contribution is 6.12. The Morgan fingerprint density at radius 2 is 1.23 bits per heavy atom. The molecule has 0 aliphatic carbocycles. The molecule has 1 heterocycles. The van der Waals surface area contributed by atoms with Crippen molar-refractivity contribution in [1.82, 2.24) is 4.57 Å². The average Bonchev–Trinajstić information content (AvgIpc) is 3.63. The molecule has 0 radical (unpaired) electrons. The molecule has 0 spiro atoms. The van der Waals surface area contributed by atoms with Crippen LogP contribution in [0.4, 0.5) is 10.1 Å². The van der Waals surface area contributed by atoms with Crippen LogP contribution in [0.2, 0.25) is 0 Å². The Hall–Kier alpha value is -7.49. The topological polar surface area (TPSA) is 273 Å². The van der Waals surface area contributed by atoms with Crippen molar-refractivity contribution in [3.63, 3.8) is 0 Å². The molecule has 5 atom stereocenters. The van der Waals surface area contributed by atoms with E-state index in [1.54, 1.807) is 25.1 Å². The third-order valence-corrected chi connectivity index (χ3v) is 9.28. The zero-order chi connectivity index (χ0) is 51.9. The van der Waals surface area contributed by atoms with Gasteiger partial charge in [-0.05, 0) is 73.2 Å². The van der Waals surface area contributed by atoms with Crippen LogP contribution in [0.15, 0.2) is 84.9 Å². The Morgan fingerprint density at radius 3 is 1.69 bits per heavy atom. The maximum Gasteiger partial charge on any atom is 0.308 e. The first-order valence-electron chi connectivity index (χ1n) is 21.6. The molecule has 0 saturated carbocycles. The van der Waals surface area contributed by atoms with E-state index in [1.165, 1.54) is 12.1 Å². The van der Waals surface area contributed by atoms with Gasteiger partial charge in [0, 0.05) is 23.5 Å². The second kappa shape index (κ2) is 34.7. The van der Waals surface area contributed by atoms with Gasteiger partial charge in [0.1, 0.15) is 24.1 Å². The van der Waals surface area contributed by atoms with Crippen LogP contribution in [0.5, 0.6) is 0 Å². The van der Waals surface area contributed by atoms with E-state index in [2.05, 4.69) is 19.9 Å². The lowest BCUT2D eigenvalue weighted by Crippen LogP contribution is -2.23. The van der Waals surface area contributed by atoms with Crippen LogP contribution in [0.3, 0.4) is 0 Å². The molecule has 4 aromatic rings. The van der Waals surface area contributed by atoms with Crippen LogP contribution in [-0.2, 0) is 25.7 Å². The van der Waals surface area contributed by atoms with Gasteiger partial charge in [0.2, 0.25) is 19.6 Å². The highest BCUT2D eigenvalue weighted by Crippen LogP contribution is 2.42. The van der Waals surface area contributed by atoms with E-state index in [9.17, 15) is 33.8 Å². The first kappa shape index (κ1) is 62.5. The largest absolute Gasteiger partial charge is 0.481 e. The summed E-state index contributed by atoms with van der Waals surface area (Å²) in [5.74, 6) is -3.42. The number of halogens is 1. The van der Waals surface area contributed by atoms with Gasteiger partial charge < -0.3 is 64.9 Å². The number of carboxylic acids is 2. The fraction of sp³-hybridized carbons (Fsp3) is 0.412. The Labute approximate surface area is 408 Å². The third kappa shape index (κ3) is 24.0. The quantitative estimate of drug-likeness (QED) is 0.0306. The van der Waals surface area contributed by atoms with E-state index in [0.717, 1.165) is 22.5 Å². The molecule has 1 amide bonds. The maximum atomic E-state index is 14.1. The van der Waals surface area contributed by atoms with E-state index in [-0.39, 0.29) is 89.8 Å². The van der Waals surface area contributed by atoms with Gasteiger partial charge in [0.15, 0.2) is 0 Å². The highest BCUT2D eigenvalue weighted by atomic mass is 19.1. The molecule has 376 valence electrons. The van der Waals surface area contributed by atoms with E-state index in [1.807, 2.05) is 79.1 Å². The number of carboxylic acid groups (broad SMARTS) is 2. The first-order chi connectivity index (χ1) is 32.8. The van der Waals surface area contributed by atoms with Crippen LogP contribution in [-0.4, -0.2) is 121 Å². The predicted molar refractivity (Wildman–Crippen MR) is 260 cm³/mol. The number of aliphatic hydroxyl groups is 5. The molecular weight excluding hydrogens is 908 g/mol. The Balaban J connectivity index is 0.00000143. The van der Waals surface area contributed by atoms with Crippen LogP contribution in [0.25, 0.3) is 36.9 Å². The van der Waals surface area contributed by atoms with Gasteiger partial charge in [-0.3, -0.25) is 19.2 Å². The number of anilines is 1. The number of amides is 1. The lowest BCUT2D eigenvalue weighted by molar-refractivity contribution is -0.146. The fourth-order valence-electron chi connectivity index (χ4n) is 6.43. The van der Waals surface area contributed by atoms with Gasteiger partial charge in [-0.15, -0.1) is 0 Å². The molecule has 4 rings (SSSR count). The monoisotopic (exact) mass is 970 g/mol. The van der Waals surface area contributed by atoms with E-state index in [0.29, 0.717) is 23.4 Å². The summed E-state index contributed by atoms with van der Waals surface area (Å²) in [5.41, 5.74) is 4.91. The summed E-state index contributed by atoms with van der Waals surface area (Å²) in [5, 5.41) is 74.2. The number of esters is 1. The molecular formula is C51H63FN6O12. The van der Waals surface area contributed by atoms with Crippen LogP contribution >= 0.6 is 0 Å². The highest BCUT2D eigenvalue weighted by Gasteiger charge is 2.31. The summed E-state index contributed by atoms with van der Waals surface area (Å²) < 4.78 is 21.0. The number of rotatable bonds is 21. The molecule has 1 unspecified atom stereocenters. The molecule has 8 N–H and O–H groups in total. The number of nitrogens with one attached hydrogen (secondary N) is 1. The standard InChI is InChI=1S/C35H39FN2O5.C5H6N2O.2C5H7NO3.CH4/c1-4-43-30(41)22-29(40)21-28(39)19-20-38-33(23(2)3)32(35(42)37-27-13-9-6-10-14-27)31(24-11-7-5-8-12-24)34(38)25-15-17-26(36)18-16-25;1-7-4-5(8)2-3-6;2*1-6-3-4(7)2-5(8)9;/h5-18,23,28-29,39-40H,4,19-22H2,1-3H3,(H,37,42);5,8H,2,4H2;2*4,7H,2-3H2,(H,8,9);1H4/t28-,29-;;2*4-;/m1.10./s1. The number of aliphatic hydroxyl groups excluding tert-OH is 5. The summed E-state index contributed by atoms with van der Waals surface area (Å²) >= 11 is 0. The number of ether oxygens (including phenoxy) is 1. The minimum atomic E-state index is -1.08. The van der Waals surface area contributed by atoms with Crippen molar-refractivity contribution in [2.45, 2.75) is 110 Å². The number of benzene rings is 3. The van der Waals surface area contributed by atoms with Crippen LogP contribution in [0.1, 0.15) is 88.7 Å². The number of aromatic nitrogens is 1. The van der Waals surface area contributed by atoms with E-state index in [4.69, 9.17) is 55.2 Å². The van der Waals surface area contributed by atoms with Crippen molar-refractivity contribution in [2.24, 2.45) is 0 Å². The van der Waals surface area contributed by atoms with E-state index < -0.39 is 48.4 Å². The van der Waals surface area contributed by atoms with Crippen LogP contribution < -0.4 is 5.32 Å². The Morgan fingerprint density at radius 1 is 0.729 bits per heavy atom. The summed E-state index contributed by atoms with van der Waals surface area (Å²) in [6, 6.07) is 26.7. The van der Waals surface area contributed by atoms with Crippen molar-refractivity contribution in [1.29, 1.82) is 5.26 Å². The second-order valence-corrected chi connectivity index (χ2v) is 15.4. The molecule has 0 saturated heterocycles. The molecule has 0 aliphatic heterocycles. The molecule has 70 heavy (non-hydrogen) atoms. The average molecular weight is 971 g/mol. The van der Waals surface area contributed by atoms with Crippen molar-refractivity contribution in [3.8, 4) is 28.5 Å². The number of carbonyl (C=O) groups is 4. The predicted octanol–water partition coefficient (Wildman–Crippen LogP) is 7.09. The first-order valence-corrected chi connectivity index (χ1v) is 21.6. The number of carbonyl (C=O) groups excluding carboxylic acids is 2. The number of para-hydroxylation sites is 1. The second-order valence-electron chi connectivity index (χ2n) is 15.4. The molecule has 0 bridgehead atoms. The molecule has 0 aliphatic rings. The van der Waals surface area contributed by atoms with Crippen molar-refractivity contribution in [2.75, 3.05) is 31.6 Å². The van der Waals surface area contributed by atoms with Crippen molar-refractivity contribution < 1.29 is 64.1 Å². The van der Waals surface area contributed by atoms with Gasteiger partial charge >= 0.3 is 17.9 Å². The number of hydrogen-bond donors (Lipinski definition) is 8. The van der Waals surface area contributed by atoms with Gasteiger partial charge in [-0.1, -0.05) is 69.8 Å². The minimum absolute atomic E-state index is 0. The summed E-state index contributed by atoms with van der Waals surface area (Å²) in [7, 11) is 0. The SMILES string of the molecule is C.CCOC(=O)C[C@H](O)C[C@H](O)CCn1c(-c2ccc(F)cc2)c(-c2ccccc2)c(C(=O)Nc2ccccc2)c1C(C)C.[C-]#[N+]CC(O)CC#N.[C-]#[N+]C[C@@H](O)CC(=O)O.[C-]#[N+]C[C@H](O)CC(=O)O. The fourth-order valence-corrected chi connectivity index (χ4v) is 6.43. The molecule has 18 nitrogen and oxygen atoms in total. The Kier molecular flexibility index (Phi) is 31.0. The number of hydrogen-bond acceptors (Lipinski definition) is 11. The van der Waals surface area contributed by atoms with Crippen LogP contribution in [0, 0.1) is 36.9 Å². The summed E-state index contributed by atoms with van der Waals surface area (Å²) in [6.45, 7) is 24.8. The minimum Gasteiger partial charge on any atom is -0.481 e. The lowest BCUT2D eigenvalue weighted by Gasteiger charge is -2.20. The zero-order valence-electron chi connectivity index (χ0n) is 38.6. The third-order valence-electron chi connectivity index (χ3n) is 9.28. The molecule has 0 fully saturated rings. The van der Waals surface area contributed by atoms with Crippen molar-refractivity contribution in [3.05, 3.63) is 136 Å². The lowest BCUT2D eigenvalue weighted by atomic mass is 9.94. The molecule has 19 heteroatoms. The van der Waals surface area contributed by atoms with E-state index >= 15 is 0 Å². The number of aliphatic carboxylic acids is 2.